The van der Waals surface area contributed by atoms with Crippen LogP contribution < -0.4 is 14.9 Å². The highest BCUT2D eigenvalue weighted by Gasteiger charge is 2.51. The monoisotopic (exact) mass is 447 g/mol. The molecule has 4 rings (SSSR count). The van der Waals surface area contributed by atoms with Crippen LogP contribution in [0.2, 0.25) is 0 Å². The summed E-state index contributed by atoms with van der Waals surface area (Å²) in [6.07, 6.45) is 1.70. The third-order valence-electron chi connectivity index (χ3n) is 5.25. The van der Waals surface area contributed by atoms with Crippen molar-refractivity contribution in [3.63, 3.8) is 0 Å². The molecule has 2 aromatic carbocycles. The molecule has 1 aromatic heterocycles. The van der Waals surface area contributed by atoms with Crippen LogP contribution in [0, 0.1) is 5.82 Å². The summed E-state index contributed by atoms with van der Waals surface area (Å²) in [6, 6.07) is 8.05. The summed E-state index contributed by atoms with van der Waals surface area (Å²) in [4.78, 5) is 21.6. The van der Waals surface area contributed by atoms with Crippen LogP contribution >= 0.6 is 18.5 Å². The maximum absolute atomic E-state index is 15.2. The molecule has 6 nitrogen and oxygen atoms in total. The third kappa shape index (κ3) is 3.82. The molecular formula is C21H24FN3O3P2. The van der Waals surface area contributed by atoms with Crippen molar-refractivity contribution in [1.82, 2.24) is 9.97 Å². The number of amides is 1. The Hall–Kier alpha value is -2.07. The number of anilines is 1. The maximum Gasteiger partial charge on any atom is 0.259 e. The van der Waals surface area contributed by atoms with Gasteiger partial charge in [-0.15, -0.1) is 18.5 Å². The van der Waals surface area contributed by atoms with E-state index < -0.39 is 18.0 Å². The SMILES string of the molecule is COC1C(=O)N(c2ccc3nc[nH]c3c2)C1c1c(F)cc(OCCC(C)P)cc1P. The van der Waals surface area contributed by atoms with Crippen molar-refractivity contribution in [3.8, 4) is 5.75 Å². The van der Waals surface area contributed by atoms with Gasteiger partial charge in [0.1, 0.15) is 17.6 Å². The summed E-state index contributed by atoms with van der Waals surface area (Å²) in [5, 5.41) is 0.635. The minimum absolute atomic E-state index is 0.208. The second-order valence-electron chi connectivity index (χ2n) is 7.44. The zero-order valence-corrected chi connectivity index (χ0v) is 19.1. The van der Waals surface area contributed by atoms with Crippen LogP contribution in [0.3, 0.4) is 0 Å². The van der Waals surface area contributed by atoms with Crippen LogP contribution in [0.25, 0.3) is 11.0 Å². The fraction of sp³-hybridized carbons (Fsp3) is 0.333. The molecule has 1 fully saturated rings. The zero-order valence-electron chi connectivity index (χ0n) is 16.8. The summed E-state index contributed by atoms with van der Waals surface area (Å²) in [5.41, 5.74) is 3.09. The average molecular weight is 447 g/mol. The van der Waals surface area contributed by atoms with Gasteiger partial charge in [-0.05, 0) is 41.6 Å². The van der Waals surface area contributed by atoms with Crippen molar-refractivity contribution in [2.75, 3.05) is 18.6 Å². The molecule has 0 aliphatic carbocycles. The van der Waals surface area contributed by atoms with Crippen molar-refractivity contribution in [2.24, 2.45) is 0 Å². The second kappa shape index (κ2) is 8.58. The molecule has 5 atom stereocenters. The fourth-order valence-electron chi connectivity index (χ4n) is 3.71. The van der Waals surface area contributed by atoms with E-state index in [-0.39, 0.29) is 5.91 Å². The Labute approximate surface area is 178 Å². The van der Waals surface area contributed by atoms with E-state index in [4.69, 9.17) is 9.47 Å². The molecule has 0 saturated carbocycles. The number of hydrogen-bond donors (Lipinski definition) is 1. The van der Waals surface area contributed by atoms with Gasteiger partial charge in [0.15, 0.2) is 6.10 Å². The number of hydrogen-bond acceptors (Lipinski definition) is 4. The summed E-state index contributed by atoms with van der Waals surface area (Å²) in [7, 11) is 6.74. The molecule has 1 N–H and O–H groups in total. The third-order valence-corrected chi connectivity index (χ3v) is 6.07. The summed E-state index contributed by atoms with van der Waals surface area (Å²) < 4.78 is 26.3. The van der Waals surface area contributed by atoms with Crippen LogP contribution in [-0.2, 0) is 9.53 Å². The minimum atomic E-state index is -0.749. The number of H-pyrrole nitrogens is 1. The van der Waals surface area contributed by atoms with Crippen LogP contribution in [0.1, 0.15) is 24.9 Å². The topological polar surface area (TPSA) is 67.5 Å². The van der Waals surface area contributed by atoms with Gasteiger partial charge in [-0.3, -0.25) is 9.69 Å². The van der Waals surface area contributed by atoms with E-state index in [0.717, 1.165) is 17.5 Å². The lowest BCUT2D eigenvalue weighted by Gasteiger charge is -2.46. The lowest BCUT2D eigenvalue weighted by atomic mass is 9.89. The van der Waals surface area contributed by atoms with Gasteiger partial charge in [0, 0.05) is 24.4 Å². The Morgan fingerprint density at radius 2 is 2.13 bits per heavy atom. The summed E-state index contributed by atoms with van der Waals surface area (Å²) in [6.45, 7) is 2.58. The predicted molar refractivity (Wildman–Crippen MR) is 122 cm³/mol. The van der Waals surface area contributed by atoms with Gasteiger partial charge in [-0.25, -0.2) is 9.37 Å². The van der Waals surface area contributed by atoms with E-state index in [1.165, 1.54) is 13.2 Å². The van der Waals surface area contributed by atoms with Gasteiger partial charge >= 0.3 is 0 Å². The van der Waals surface area contributed by atoms with Crippen LogP contribution in [0.5, 0.6) is 5.75 Å². The van der Waals surface area contributed by atoms with Gasteiger partial charge in [0.05, 0.1) is 24.0 Å². The molecule has 1 amide bonds. The molecule has 0 bridgehead atoms. The number of ether oxygens (including phenoxy) is 2. The number of benzene rings is 2. The molecule has 2 heterocycles. The molecule has 1 aliphatic heterocycles. The number of rotatable bonds is 7. The van der Waals surface area contributed by atoms with Crippen molar-refractivity contribution in [3.05, 3.63) is 48.0 Å². The minimum Gasteiger partial charge on any atom is -0.493 e. The highest BCUT2D eigenvalue weighted by molar-refractivity contribution is 7.27. The van der Waals surface area contributed by atoms with Crippen LogP contribution in [-0.4, -0.2) is 41.4 Å². The Morgan fingerprint density at radius 3 is 2.83 bits per heavy atom. The maximum atomic E-state index is 15.2. The van der Waals surface area contributed by atoms with Gasteiger partial charge < -0.3 is 14.5 Å². The highest BCUT2D eigenvalue weighted by Crippen LogP contribution is 2.42. The fourth-order valence-corrected chi connectivity index (χ4v) is 4.31. The smallest absolute Gasteiger partial charge is 0.259 e. The van der Waals surface area contributed by atoms with Crippen molar-refractivity contribution in [1.29, 1.82) is 0 Å². The van der Waals surface area contributed by atoms with Gasteiger partial charge in [-0.2, -0.15) is 0 Å². The molecular weight excluding hydrogens is 423 g/mol. The van der Waals surface area contributed by atoms with Gasteiger partial charge in [0.2, 0.25) is 0 Å². The number of methoxy groups -OCH3 is 1. The first-order valence-electron chi connectivity index (χ1n) is 9.67. The molecule has 0 spiro atoms. The normalized spacial score (nSPS) is 19.8. The van der Waals surface area contributed by atoms with Crippen molar-refractivity contribution in [2.45, 2.75) is 31.1 Å². The molecule has 158 valence electrons. The average Bonchev–Trinajstić information content (AvgIpc) is 3.15. The number of fused-ring (bicyclic) bond motifs is 1. The largest absolute Gasteiger partial charge is 0.493 e. The van der Waals surface area contributed by atoms with Crippen molar-refractivity contribution >= 4 is 46.4 Å². The van der Waals surface area contributed by atoms with E-state index in [0.29, 0.717) is 34.6 Å². The quantitative estimate of drug-likeness (QED) is 0.446. The van der Waals surface area contributed by atoms with E-state index in [9.17, 15) is 4.79 Å². The number of carbonyl (C=O) groups is 1. The zero-order chi connectivity index (χ0) is 21.4. The first-order valence-corrected chi connectivity index (χ1v) is 10.9. The van der Waals surface area contributed by atoms with E-state index >= 15 is 4.39 Å². The Morgan fingerprint density at radius 1 is 1.33 bits per heavy atom. The number of carbonyl (C=O) groups excluding carboxylic acids is 1. The first-order chi connectivity index (χ1) is 14.4. The number of nitrogens with one attached hydrogen (secondary N) is 1. The number of aromatic amines is 1. The number of halogens is 1. The molecule has 1 aliphatic rings. The van der Waals surface area contributed by atoms with Crippen LogP contribution in [0.15, 0.2) is 36.7 Å². The number of aromatic nitrogens is 2. The number of imidazole rings is 1. The second-order valence-corrected chi connectivity index (χ2v) is 9.20. The number of β-lactam (4-membered cyclic amide) rings is 1. The van der Waals surface area contributed by atoms with E-state index in [2.05, 4.69) is 35.4 Å². The van der Waals surface area contributed by atoms with E-state index in [1.807, 2.05) is 18.2 Å². The molecule has 30 heavy (non-hydrogen) atoms. The Kier molecular flexibility index (Phi) is 6.06. The standard InChI is InChI=1S/C21H24FN3O3P2/c1-11(29)5-6-28-13-8-14(22)18(17(30)9-13)19-20(27-2)21(26)25(19)12-3-4-15-16(7-12)24-10-23-15/h3-4,7-11,19-20H,5-6,29-30H2,1-2H3,(H,23,24). The molecule has 1 saturated heterocycles. The lowest BCUT2D eigenvalue weighted by Crippen LogP contribution is -2.61. The Bertz CT molecular complexity index is 1070. The molecule has 3 aromatic rings. The van der Waals surface area contributed by atoms with Gasteiger partial charge in [0.25, 0.3) is 5.91 Å². The first kappa shape index (κ1) is 21.2. The van der Waals surface area contributed by atoms with E-state index in [1.54, 1.807) is 17.3 Å². The molecule has 5 unspecified atom stereocenters. The summed E-state index contributed by atoms with van der Waals surface area (Å²) in [5.74, 6) is -0.166. The predicted octanol–water partition coefficient (Wildman–Crippen LogP) is 3.34. The Balaban J connectivity index is 1.66. The number of nitrogens with zero attached hydrogens (tertiary/aromatic N) is 2. The van der Waals surface area contributed by atoms with Gasteiger partial charge in [-0.1, -0.05) is 6.92 Å². The van der Waals surface area contributed by atoms with Crippen molar-refractivity contribution < 1.29 is 18.7 Å². The van der Waals surface area contributed by atoms with Crippen LogP contribution in [0.4, 0.5) is 10.1 Å². The highest BCUT2D eigenvalue weighted by atomic mass is 31.0. The molecule has 9 heteroatoms. The summed E-state index contributed by atoms with van der Waals surface area (Å²) >= 11 is 0. The molecule has 0 radical (unpaired) electrons. The lowest BCUT2D eigenvalue weighted by molar-refractivity contribution is -0.139.